The Morgan fingerprint density at radius 3 is 2.53 bits per heavy atom. The molecule has 1 N–H and O–H groups in total. The number of ketones is 1. The zero-order chi connectivity index (χ0) is 13.2. The molecular weight excluding hydrogens is 288 g/mol. The van der Waals surface area contributed by atoms with Crippen LogP contribution in [0.25, 0.3) is 0 Å². The molecule has 0 radical (unpaired) electrons. The number of halogens is 1. The molecule has 1 aromatic rings. The van der Waals surface area contributed by atoms with Gasteiger partial charge in [0.1, 0.15) is 5.75 Å². The van der Waals surface area contributed by atoms with Crippen molar-refractivity contribution < 1.29 is 19.4 Å². The lowest BCUT2D eigenvalue weighted by molar-refractivity contribution is -0.137. The Hall–Kier alpha value is -1.36. The van der Waals surface area contributed by atoms with Crippen LogP contribution in [0.2, 0.25) is 0 Å². The number of esters is 1. The number of phenols is 1. The van der Waals surface area contributed by atoms with Gasteiger partial charge >= 0.3 is 5.97 Å². The second-order valence-corrected chi connectivity index (χ2v) is 4.37. The minimum absolute atomic E-state index is 0.0431. The van der Waals surface area contributed by atoms with E-state index in [9.17, 15) is 14.7 Å². The Bertz CT molecular complexity index is 480. The van der Waals surface area contributed by atoms with Crippen LogP contribution < -0.4 is 0 Å². The Labute approximate surface area is 108 Å². The summed E-state index contributed by atoms with van der Waals surface area (Å²) in [5.41, 5.74) is 1.59. The highest BCUT2D eigenvalue weighted by Gasteiger charge is 2.23. The maximum atomic E-state index is 11.7. The number of hydrogen-bond donors (Lipinski definition) is 1. The minimum atomic E-state index is -0.960. The second-order valence-electron chi connectivity index (χ2n) is 3.58. The van der Waals surface area contributed by atoms with Crippen molar-refractivity contribution in [2.45, 2.75) is 20.8 Å². The third-order valence-electron chi connectivity index (χ3n) is 2.45. The summed E-state index contributed by atoms with van der Waals surface area (Å²) >= 11 is 3.18. The van der Waals surface area contributed by atoms with Gasteiger partial charge in [-0.15, -0.1) is 0 Å². The number of aromatic hydroxyl groups is 1. The average molecular weight is 301 g/mol. The number of benzene rings is 1. The first-order valence-corrected chi connectivity index (χ1v) is 5.89. The monoisotopic (exact) mass is 300 g/mol. The predicted octanol–water partition coefficient (Wildman–Crippen LogP) is 2.52. The number of ether oxygens (including phenoxy) is 1. The van der Waals surface area contributed by atoms with Crippen LogP contribution in [0.3, 0.4) is 0 Å². The molecule has 1 rings (SSSR count). The number of phenolic OH excluding ortho intramolecular Hbond substituents is 1. The van der Waals surface area contributed by atoms with Crippen molar-refractivity contribution in [3.05, 3.63) is 27.2 Å². The smallest absolute Gasteiger partial charge is 0.379 e. The molecule has 1 aromatic carbocycles. The highest BCUT2D eigenvalue weighted by molar-refractivity contribution is 9.10. The van der Waals surface area contributed by atoms with Gasteiger partial charge in [0.25, 0.3) is 5.78 Å². The van der Waals surface area contributed by atoms with E-state index in [2.05, 4.69) is 20.7 Å². The number of Topliss-reactive ketones (excluding diaryl/α,β-unsaturated/α-hetero) is 1. The molecule has 0 unspecified atom stereocenters. The number of aryl methyl sites for hydroxylation is 1. The van der Waals surface area contributed by atoms with Gasteiger partial charge in [-0.3, -0.25) is 4.79 Å². The van der Waals surface area contributed by atoms with Gasteiger partial charge in [0.05, 0.1) is 16.6 Å². The molecule has 0 spiro atoms. The minimum Gasteiger partial charge on any atom is -0.506 e. The molecule has 5 heteroatoms. The summed E-state index contributed by atoms with van der Waals surface area (Å²) < 4.78 is 5.03. The summed E-state index contributed by atoms with van der Waals surface area (Å²) in [5.74, 6) is -2.03. The van der Waals surface area contributed by atoms with Crippen molar-refractivity contribution in [1.29, 1.82) is 0 Å². The highest BCUT2D eigenvalue weighted by atomic mass is 79.9. The van der Waals surface area contributed by atoms with Crippen molar-refractivity contribution in [2.75, 3.05) is 6.61 Å². The second kappa shape index (κ2) is 5.31. The van der Waals surface area contributed by atoms with Gasteiger partial charge in [-0.2, -0.15) is 0 Å². The van der Waals surface area contributed by atoms with Crippen LogP contribution in [0.1, 0.15) is 28.4 Å². The van der Waals surface area contributed by atoms with E-state index in [1.807, 2.05) is 0 Å². The molecule has 0 aliphatic heterocycles. The van der Waals surface area contributed by atoms with E-state index in [1.165, 1.54) is 6.07 Å². The summed E-state index contributed by atoms with van der Waals surface area (Å²) in [6.07, 6.45) is 0. The number of hydrogen-bond acceptors (Lipinski definition) is 4. The van der Waals surface area contributed by atoms with Gasteiger partial charge in [0.15, 0.2) is 0 Å². The normalized spacial score (nSPS) is 10.1. The predicted molar refractivity (Wildman–Crippen MR) is 66.2 cm³/mol. The fraction of sp³-hybridized carbons (Fsp3) is 0.333. The van der Waals surface area contributed by atoms with E-state index in [0.29, 0.717) is 4.47 Å². The van der Waals surface area contributed by atoms with Gasteiger partial charge in [-0.25, -0.2) is 4.79 Å². The largest absolute Gasteiger partial charge is 0.506 e. The van der Waals surface area contributed by atoms with Gasteiger partial charge in [0, 0.05) is 0 Å². The van der Waals surface area contributed by atoms with Crippen LogP contribution in [0.5, 0.6) is 5.75 Å². The van der Waals surface area contributed by atoms with Crippen molar-refractivity contribution in [3.63, 3.8) is 0 Å². The zero-order valence-electron chi connectivity index (χ0n) is 9.83. The molecular formula is C12H13BrO4. The first-order chi connectivity index (χ1) is 7.90. The quantitative estimate of drug-likeness (QED) is 0.529. The van der Waals surface area contributed by atoms with Gasteiger partial charge in [0.2, 0.25) is 0 Å². The number of carbonyl (C=O) groups is 2. The lowest BCUT2D eigenvalue weighted by Gasteiger charge is -2.10. The summed E-state index contributed by atoms with van der Waals surface area (Å²) in [4.78, 5) is 23.0. The van der Waals surface area contributed by atoms with Gasteiger partial charge in [-0.05, 0) is 53.9 Å². The van der Waals surface area contributed by atoms with E-state index in [1.54, 1.807) is 20.8 Å². The van der Waals surface area contributed by atoms with E-state index in [-0.39, 0.29) is 17.9 Å². The molecule has 0 fully saturated rings. The fourth-order valence-corrected chi connectivity index (χ4v) is 1.87. The Balaban J connectivity index is 3.24. The standard InChI is InChI=1S/C12H13BrO4/c1-4-17-12(16)11(15)8-5-6(2)7(3)9(13)10(8)14/h5,14H,4H2,1-3H3. The Morgan fingerprint density at radius 2 is 2.00 bits per heavy atom. The molecule has 0 aliphatic carbocycles. The van der Waals surface area contributed by atoms with Crippen molar-refractivity contribution in [3.8, 4) is 5.75 Å². The summed E-state index contributed by atoms with van der Waals surface area (Å²) in [6.45, 7) is 5.33. The molecule has 0 saturated heterocycles. The van der Waals surface area contributed by atoms with Crippen molar-refractivity contribution in [2.24, 2.45) is 0 Å². The van der Waals surface area contributed by atoms with Crippen molar-refractivity contribution >= 4 is 27.7 Å². The number of carbonyl (C=O) groups excluding carboxylic acids is 2. The molecule has 0 atom stereocenters. The molecule has 0 aromatic heterocycles. The lowest BCUT2D eigenvalue weighted by atomic mass is 10.0. The van der Waals surface area contributed by atoms with Gasteiger partial charge in [-0.1, -0.05) is 0 Å². The maximum absolute atomic E-state index is 11.7. The number of rotatable bonds is 3. The third kappa shape index (κ3) is 2.66. The van der Waals surface area contributed by atoms with Crippen LogP contribution in [0.15, 0.2) is 10.5 Å². The molecule has 0 amide bonds. The van der Waals surface area contributed by atoms with E-state index < -0.39 is 11.8 Å². The Kier molecular flexibility index (Phi) is 4.28. The summed E-state index contributed by atoms with van der Waals surface area (Å²) in [5, 5.41) is 9.81. The van der Waals surface area contributed by atoms with Crippen molar-refractivity contribution in [1.82, 2.24) is 0 Å². The summed E-state index contributed by atoms with van der Waals surface area (Å²) in [7, 11) is 0. The van der Waals surface area contributed by atoms with E-state index >= 15 is 0 Å². The van der Waals surface area contributed by atoms with Crippen LogP contribution in [0, 0.1) is 13.8 Å². The topological polar surface area (TPSA) is 63.6 Å². The molecule has 4 nitrogen and oxygen atoms in total. The summed E-state index contributed by atoms with van der Waals surface area (Å²) in [6, 6.07) is 1.48. The SMILES string of the molecule is CCOC(=O)C(=O)c1cc(C)c(C)c(Br)c1O. The molecule has 0 aliphatic rings. The zero-order valence-corrected chi connectivity index (χ0v) is 11.4. The molecule has 0 saturated carbocycles. The molecule has 92 valence electrons. The highest BCUT2D eigenvalue weighted by Crippen LogP contribution is 2.33. The first-order valence-electron chi connectivity index (χ1n) is 5.10. The van der Waals surface area contributed by atoms with Crippen LogP contribution in [-0.4, -0.2) is 23.5 Å². The van der Waals surface area contributed by atoms with Gasteiger partial charge < -0.3 is 9.84 Å². The Morgan fingerprint density at radius 1 is 1.41 bits per heavy atom. The van der Waals surface area contributed by atoms with E-state index in [4.69, 9.17) is 0 Å². The van der Waals surface area contributed by atoms with Crippen LogP contribution >= 0.6 is 15.9 Å². The van der Waals surface area contributed by atoms with E-state index in [0.717, 1.165) is 11.1 Å². The molecule has 0 heterocycles. The lowest BCUT2D eigenvalue weighted by Crippen LogP contribution is -2.18. The average Bonchev–Trinajstić information content (AvgIpc) is 2.30. The fourth-order valence-electron chi connectivity index (χ4n) is 1.34. The maximum Gasteiger partial charge on any atom is 0.379 e. The first kappa shape index (κ1) is 13.7. The van der Waals surface area contributed by atoms with Crippen LogP contribution in [0.4, 0.5) is 0 Å². The van der Waals surface area contributed by atoms with Crippen LogP contribution in [-0.2, 0) is 9.53 Å². The third-order valence-corrected chi connectivity index (χ3v) is 3.42. The molecule has 0 bridgehead atoms. The molecule has 17 heavy (non-hydrogen) atoms.